The molecule has 2 heterocycles. The standard InChI is InChI=1S/C12H16BrN5OS/c1-18(5-8-3-9(13)20-7-8)12-4-10(17-14)15-11(16-12)6-19-2/h3-4,7H,5-6,14H2,1-2H3,(H,15,16,17). The summed E-state index contributed by atoms with van der Waals surface area (Å²) in [6.07, 6.45) is 0. The van der Waals surface area contributed by atoms with E-state index in [-0.39, 0.29) is 0 Å². The molecule has 0 aliphatic rings. The molecule has 0 saturated carbocycles. The van der Waals surface area contributed by atoms with Crippen molar-refractivity contribution >= 4 is 38.9 Å². The van der Waals surface area contributed by atoms with Gasteiger partial charge in [0.15, 0.2) is 5.82 Å². The number of hydrogen-bond donors (Lipinski definition) is 2. The van der Waals surface area contributed by atoms with Gasteiger partial charge in [0.05, 0.1) is 3.79 Å². The molecule has 6 nitrogen and oxygen atoms in total. The number of hydrogen-bond acceptors (Lipinski definition) is 7. The quantitative estimate of drug-likeness (QED) is 0.610. The SMILES string of the molecule is COCc1nc(NN)cc(N(C)Cc2csc(Br)c2)n1. The first-order valence-corrected chi connectivity index (χ1v) is 7.57. The largest absolute Gasteiger partial charge is 0.377 e. The monoisotopic (exact) mass is 357 g/mol. The zero-order chi connectivity index (χ0) is 14.5. The highest BCUT2D eigenvalue weighted by Gasteiger charge is 2.09. The smallest absolute Gasteiger partial charge is 0.158 e. The van der Waals surface area contributed by atoms with Crippen LogP contribution in [0.4, 0.5) is 11.6 Å². The van der Waals surface area contributed by atoms with Crippen molar-refractivity contribution in [3.8, 4) is 0 Å². The number of thiophene rings is 1. The van der Waals surface area contributed by atoms with Crippen LogP contribution in [0.3, 0.4) is 0 Å². The molecule has 0 radical (unpaired) electrons. The second-order valence-electron chi connectivity index (χ2n) is 4.22. The number of nitrogen functional groups attached to an aromatic ring is 1. The highest BCUT2D eigenvalue weighted by Crippen LogP contribution is 2.23. The summed E-state index contributed by atoms with van der Waals surface area (Å²) in [5, 5.41) is 2.11. The van der Waals surface area contributed by atoms with E-state index < -0.39 is 0 Å². The van der Waals surface area contributed by atoms with E-state index in [9.17, 15) is 0 Å². The molecule has 0 atom stereocenters. The Labute approximate surface area is 130 Å². The molecule has 108 valence electrons. The Morgan fingerprint density at radius 2 is 2.25 bits per heavy atom. The number of anilines is 2. The number of ether oxygens (including phenoxy) is 1. The topological polar surface area (TPSA) is 76.3 Å². The van der Waals surface area contributed by atoms with Crippen molar-refractivity contribution in [2.24, 2.45) is 5.84 Å². The van der Waals surface area contributed by atoms with Crippen molar-refractivity contribution in [3.05, 3.63) is 32.7 Å². The van der Waals surface area contributed by atoms with E-state index in [4.69, 9.17) is 10.6 Å². The maximum absolute atomic E-state index is 5.44. The van der Waals surface area contributed by atoms with Crippen molar-refractivity contribution in [2.45, 2.75) is 13.2 Å². The highest BCUT2D eigenvalue weighted by atomic mass is 79.9. The van der Waals surface area contributed by atoms with Gasteiger partial charge in [-0.3, -0.25) is 0 Å². The summed E-state index contributed by atoms with van der Waals surface area (Å²) in [7, 11) is 3.59. The molecule has 3 N–H and O–H groups in total. The molecule has 0 aliphatic heterocycles. The third-order valence-electron chi connectivity index (χ3n) is 2.61. The summed E-state index contributed by atoms with van der Waals surface area (Å²) in [5.74, 6) is 7.39. The number of nitrogens with zero attached hydrogens (tertiary/aromatic N) is 3. The van der Waals surface area contributed by atoms with Gasteiger partial charge in [-0.1, -0.05) is 0 Å². The fraction of sp³-hybridized carbons (Fsp3) is 0.333. The molecule has 0 saturated heterocycles. The second-order valence-corrected chi connectivity index (χ2v) is 6.51. The molecule has 2 aromatic heterocycles. The number of aromatic nitrogens is 2. The number of nitrogens with one attached hydrogen (secondary N) is 1. The normalized spacial score (nSPS) is 10.6. The summed E-state index contributed by atoms with van der Waals surface area (Å²) >= 11 is 5.13. The minimum atomic E-state index is 0.348. The van der Waals surface area contributed by atoms with Gasteiger partial charge in [0.25, 0.3) is 0 Å². The van der Waals surface area contributed by atoms with Gasteiger partial charge >= 0.3 is 0 Å². The maximum Gasteiger partial charge on any atom is 0.158 e. The van der Waals surface area contributed by atoms with Gasteiger partial charge in [-0.05, 0) is 32.9 Å². The summed E-state index contributed by atoms with van der Waals surface area (Å²) < 4.78 is 6.19. The number of nitrogens with two attached hydrogens (primary N) is 1. The van der Waals surface area contributed by atoms with Crippen LogP contribution in [-0.2, 0) is 17.9 Å². The lowest BCUT2D eigenvalue weighted by atomic mass is 10.3. The van der Waals surface area contributed by atoms with Crippen LogP contribution in [0.15, 0.2) is 21.3 Å². The van der Waals surface area contributed by atoms with Gasteiger partial charge in [-0.15, -0.1) is 11.3 Å². The van der Waals surface area contributed by atoms with Crippen molar-refractivity contribution in [1.82, 2.24) is 9.97 Å². The lowest BCUT2D eigenvalue weighted by Gasteiger charge is -2.18. The molecule has 0 bridgehead atoms. The van der Waals surface area contributed by atoms with Gasteiger partial charge in [-0.25, -0.2) is 15.8 Å². The summed E-state index contributed by atoms with van der Waals surface area (Å²) in [6, 6.07) is 3.90. The van der Waals surface area contributed by atoms with Crippen LogP contribution in [0.1, 0.15) is 11.4 Å². The van der Waals surface area contributed by atoms with Crippen LogP contribution in [0, 0.1) is 0 Å². The van der Waals surface area contributed by atoms with E-state index in [1.807, 2.05) is 11.9 Å². The third-order valence-corrected chi connectivity index (χ3v) is 4.17. The fourth-order valence-electron chi connectivity index (χ4n) is 1.73. The van der Waals surface area contributed by atoms with E-state index in [1.165, 1.54) is 5.56 Å². The molecule has 0 aliphatic carbocycles. The average molecular weight is 358 g/mol. The average Bonchev–Trinajstić information content (AvgIpc) is 2.84. The molecule has 0 amide bonds. The Bertz CT molecular complexity index is 577. The van der Waals surface area contributed by atoms with Crippen LogP contribution in [0.25, 0.3) is 0 Å². The number of rotatable bonds is 6. The molecular weight excluding hydrogens is 342 g/mol. The van der Waals surface area contributed by atoms with E-state index >= 15 is 0 Å². The second kappa shape index (κ2) is 6.98. The molecule has 0 unspecified atom stereocenters. The summed E-state index contributed by atoms with van der Waals surface area (Å²) in [4.78, 5) is 10.7. The number of methoxy groups -OCH3 is 1. The predicted molar refractivity (Wildman–Crippen MR) is 84.7 cm³/mol. The Kier molecular flexibility index (Phi) is 5.30. The van der Waals surface area contributed by atoms with Crippen LogP contribution in [0.5, 0.6) is 0 Å². The third kappa shape index (κ3) is 3.89. The van der Waals surface area contributed by atoms with E-state index in [0.717, 1.165) is 16.1 Å². The molecule has 2 rings (SSSR count). The molecule has 2 aromatic rings. The van der Waals surface area contributed by atoms with Crippen LogP contribution in [0.2, 0.25) is 0 Å². The van der Waals surface area contributed by atoms with E-state index in [0.29, 0.717) is 18.2 Å². The Balaban J connectivity index is 2.19. The highest BCUT2D eigenvalue weighted by molar-refractivity contribution is 9.11. The van der Waals surface area contributed by atoms with Gasteiger partial charge in [0, 0.05) is 26.8 Å². The number of halogens is 1. The van der Waals surface area contributed by atoms with Gasteiger partial charge in [0.2, 0.25) is 0 Å². The minimum Gasteiger partial charge on any atom is -0.377 e. The fourth-order valence-corrected chi connectivity index (χ4v) is 2.93. The van der Waals surface area contributed by atoms with Gasteiger partial charge in [-0.2, -0.15) is 0 Å². The summed E-state index contributed by atoms with van der Waals surface area (Å²) in [6.45, 7) is 1.11. The summed E-state index contributed by atoms with van der Waals surface area (Å²) in [5.41, 5.74) is 3.77. The molecule has 20 heavy (non-hydrogen) atoms. The van der Waals surface area contributed by atoms with Crippen LogP contribution in [-0.4, -0.2) is 24.1 Å². The van der Waals surface area contributed by atoms with Crippen molar-refractivity contribution in [1.29, 1.82) is 0 Å². The van der Waals surface area contributed by atoms with Gasteiger partial charge in [0.1, 0.15) is 18.2 Å². The zero-order valence-corrected chi connectivity index (χ0v) is 13.7. The van der Waals surface area contributed by atoms with E-state index in [2.05, 4.69) is 42.8 Å². The first kappa shape index (κ1) is 15.2. The van der Waals surface area contributed by atoms with Crippen molar-refractivity contribution < 1.29 is 4.74 Å². The van der Waals surface area contributed by atoms with E-state index in [1.54, 1.807) is 24.5 Å². The zero-order valence-electron chi connectivity index (χ0n) is 11.3. The van der Waals surface area contributed by atoms with Crippen molar-refractivity contribution in [3.63, 3.8) is 0 Å². The van der Waals surface area contributed by atoms with Crippen LogP contribution >= 0.6 is 27.3 Å². The minimum absolute atomic E-state index is 0.348. The Morgan fingerprint density at radius 3 is 2.85 bits per heavy atom. The maximum atomic E-state index is 5.44. The molecule has 8 heteroatoms. The Hall–Kier alpha value is -1.22. The van der Waals surface area contributed by atoms with Crippen molar-refractivity contribution in [2.75, 3.05) is 24.5 Å². The first-order chi connectivity index (χ1) is 9.62. The lowest BCUT2D eigenvalue weighted by Crippen LogP contribution is -2.20. The lowest BCUT2D eigenvalue weighted by molar-refractivity contribution is 0.178. The molecule has 0 aromatic carbocycles. The number of hydrazine groups is 1. The predicted octanol–water partition coefficient (Wildman–Crippen LogP) is 2.37. The Morgan fingerprint density at radius 1 is 1.45 bits per heavy atom. The molecule has 0 fully saturated rings. The molecular formula is C12H16BrN5OS. The molecule has 0 spiro atoms. The van der Waals surface area contributed by atoms with Gasteiger partial charge < -0.3 is 15.1 Å². The first-order valence-electron chi connectivity index (χ1n) is 5.90. The van der Waals surface area contributed by atoms with Crippen LogP contribution < -0.4 is 16.2 Å².